The molecule has 70 valence electrons. The summed E-state index contributed by atoms with van der Waals surface area (Å²) in [6.07, 6.45) is 1.37. The van der Waals surface area contributed by atoms with Crippen LogP contribution in [-0.2, 0) is 0 Å². The molecule has 1 nitrogen and oxygen atoms in total. The highest BCUT2D eigenvalue weighted by atomic mass is 127. The third-order valence-electron chi connectivity index (χ3n) is 2.79. The van der Waals surface area contributed by atoms with Crippen molar-refractivity contribution in [3.05, 3.63) is 33.4 Å². The van der Waals surface area contributed by atoms with Gasteiger partial charge in [-0.2, -0.15) is 0 Å². The summed E-state index contributed by atoms with van der Waals surface area (Å²) in [6, 6.07) is 9.26. The Kier molecular flexibility index (Phi) is 2.89. The van der Waals surface area contributed by atoms with Crippen LogP contribution in [0.2, 0.25) is 0 Å². The lowest BCUT2D eigenvalue weighted by molar-refractivity contribution is 0.128. The number of hydrogen-bond donors (Lipinski definition) is 0. The quantitative estimate of drug-likeness (QED) is 0.756. The predicted octanol–water partition coefficient (Wildman–Crippen LogP) is 3.06. The highest BCUT2D eigenvalue weighted by Gasteiger charge is 2.22. The third-order valence-corrected chi connectivity index (χ3v) is 3.78. The van der Waals surface area contributed by atoms with Gasteiger partial charge in [-0.1, -0.05) is 18.2 Å². The summed E-state index contributed by atoms with van der Waals surface area (Å²) >= 11 is 2.42. The molecule has 0 radical (unpaired) electrons. The molecule has 13 heavy (non-hydrogen) atoms. The lowest BCUT2D eigenvalue weighted by Crippen LogP contribution is -2.39. The summed E-state index contributed by atoms with van der Waals surface area (Å²) in [5.41, 5.74) is 1.47. The molecular formula is C11H14IN. The second kappa shape index (κ2) is 3.96. The molecule has 1 aliphatic heterocycles. The summed E-state index contributed by atoms with van der Waals surface area (Å²) in [7, 11) is 0. The summed E-state index contributed by atoms with van der Waals surface area (Å²) in [5.74, 6) is 0. The van der Waals surface area contributed by atoms with E-state index in [0.717, 1.165) is 0 Å². The second-order valence-corrected chi connectivity index (χ2v) is 4.75. The van der Waals surface area contributed by atoms with Crippen molar-refractivity contribution in [1.29, 1.82) is 0 Å². The summed E-state index contributed by atoms with van der Waals surface area (Å²) in [6.45, 7) is 4.84. The number of benzene rings is 1. The van der Waals surface area contributed by atoms with Crippen molar-refractivity contribution in [2.45, 2.75) is 19.4 Å². The second-order valence-electron chi connectivity index (χ2n) is 3.59. The van der Waals surface area contributed by atoms with E-state index < -0.39 is 0 Å². The molecule has 0 aliphatic carbocycles. The fourth-order valence-electron chi connectivity index (χ4n) is 1.74. The minimum atomic E-state index is 0.599. The van der Waals surface area contributed by atoms with E-state index in [4.69, 9.17) is 0 Å². The van der Waals surface area contributed by atoms with Gasteiger partial charge in [-0.25, -0.2) is 0 Å². The number of nitrogens with zero attached hydrogens (tertiary/aromatic N) is 1. The molecule has 0 aromatic heterocycles. The van der Waals surface area contributed by atoms with Crippen LogP contribution in [0.25, 0.3) is 0 Å². The maximum Gasteiger partial charge on any atom is 0.0330 e. The van der Waals surface area contributed by atoms with Gasteiger partial charge in [-0.3, -0.25) is 4.90 Å². The van der Waals surface area contributed by atoms with Crippen LogP contribution in [0, 0.1) is 3.57 Å². The number of hydrogen-bond acceptors (Lipinski definition) is 1. The van der Waals surface area contributed by atoms with Crippen molar-refractivity contribution < 1.29 is 0 Å². The standard InChI is InChI=1S/C11H14IN/c1-9(13-7-4-8-13)10-5-2-3-6-11(10)12/h2-3,5-6,9H,4,7-8H2,1H3. The van der Waals surface area contributed by atoms with E-state index in [1.165, 1.54) is 28.6 Å². The number of halogens is 1. The van der Waals surface area contributed by atoms with E-state index in [0.29, 0.717) is 6.04 Å². The van der Waals surface area contributed by atoms with E-state index in [2.05, 4.69) is 58.7 Å². The topological polar surface area (TPSA) is 3.24 Å². The molecule has 1 aromatic carbocycles. The Hall–Kier alpha value is -0.0900. The molecule has 2 rings (SSSR count). The van der Waals surface area contributed by atoms with Crippen molar-refractivity contribution in [3.8, 4) is 0 Å². The third kappa shape index (κ3) is 1.89. The van der Waals surface area contributed by atoms with Gasteiger partial charge in [0.1, 0.15) is 0 Å². The Balaban J connectivity index is 2.18. The number of likely N-dealkylation sites (tertiary alicyclic amines) is 1. The molecule has 2 heteroatoms. The predicted molar refractivity (Wildman–Crippen MR) is 63.8 cm³/mol. The Morgan fingerprint density at radius 2 is 2.00 bits per heavy atom. The van der Waals surface area contributed by atoms with Gasteiger partial charge in [-0.05, 0) is 60.7 Å². The van der Waals surface area contributed by atoms with E-state index in [1.807, 2.05) is 0 Å². The molecule has 1 atom stereocenters. The van der Waals surface area contributed by atoms with E-state index in [1.54, 1.807) is 0 Å². The lowest BCUT2D eigenvalue weighted by Gasteiger charge is -2.37. The fraction of sp³-hybridized carbons (Fsp3) is 0.455. The average Bonchev–Trinajstić information content (AvgIpc) is 2.01. The molecule has 0 N–H and O–H groups in total. The maximum absolute atomic E-state index is 2.53. The first-order valence-electron chi connectivity index (χ1n) is 4.77. The van der Waals surface area contributed by atoms with Crippen LogP contribution < -0.4 is 0 Å². The summed E-state index contributed by atoms with van der Waals surface area (Å²) in [5, 5.41) is 0. The molecule has 1 unspecified atom stereocenters. The SMILES string of the molecule is CC(c1ccccc1I)N1CCC1. The molecular weight excluding hydrogens is 273 g/mol. The van der Waals surface area contributed by atoms with Gasteiger partial charge in [-0.15, -0.1) is 0 Å². The average molecular weight is 287 g/mol. The monoisotopic (exact) mass is 287 g/mol. The Bertz CT molecular complexity index is 294. The molecule has 1 heterocycles. The molecule has 0 spiro atoms. The van der Waals surface area contributed by atoms with Crippen LogP contribution >= 0.6 is 22.6 Å². The smallest absolute Gasteiger partial charge is 0.0330 e. The normalized spacial score (nSPS) is 19.5. The number of rotatable bonds is 2. The van der Waals surface area contributed by atoms with Crippen LogP contribution in [0.1, 0.15) is 24.9 Å². The molecule has 0 bridgehead atoms. The lowest BCUT2D eigenvalue weighted by atomic mass is 10.0. The highest BCUT2D eigenvalue weighted by Crippen LogP contribution is 2.27. The highest BCUT2D eigenvalue weighted by molar-refractivity contribution is 14.1. The molecule has 1 aromatic rings. The van der Waals surface area contributed by atoms with Crippen molar-refractivity contribution >= 4 is 22.6 Å². The zero-order valence-corrected chi connectivity index (χ0v) is 9.99. The van der Waals surface area contributed by atoms with Gasteiger partial charge in [0.15, 0.2) is 0 Å². The first-order chi connectivity index (χ1) is 6.29. The summed E-state index contributed by atoms with van der Waals surface area (Å²) in [4.78, 5) is 2.53. The first kappa shape index (κ1) is 9.46. The van der Waals surface area contributed by atoms with E-state index in [9.17, 15) is 0 Å². The minimum Gasteiger partial charge on any atom is -0.296 e. The Labute approximate surface area is 93.3 Å². The fourth-order valence-corrected chi connectivity index (χ4v) is 2.58. The van der Waals surface area contributed by atoms with Crippen LogP contribution in [0.4, 0.5) is 0 Å². The molecule has 1 fully saturated rings. The minimum absolute atomic E-state index is 0.599. The van der Waals surface area contributed by atoms with Crippen molar-refractivity contribution in [2.75, 3.05) is 13.1 Å². The summed E-state index contributed by atoms with van der Waals surface area (Å²) < 4.78 is 1.39. The Morgan fingerprint density at radius 1 is 1.31 bits per heavy atom. The van der Waals surface area contributed by atoms with Gasteiger partial charge >= 0.3 is 0 Å². The van der Waals surface area contributed by atoms with Crippen molar-refractivity contribution in [3.63, 3.8) is 0 Å². The van der Waals surface area contributed by atoms with E-state index in [-0.39, 0.29) is 0 Å². The largest absolute Gasteiger partial charge is 0.296 e. The van der Waals surface area contributed by atoms with Crippen LogP contribution in [0.15, 0.2) is 24.3 Å². The zero-order chi connectivity index (χ0) is 9.26. The van der Waals surface area contributed by atoms with Crippen LogP contribution in [0.3, 0.4) is 0 Å². The van der Waals surface area contributed by atoms with Gasteiger partial charge in [0, 0.05) is 9.61 Å². The van der Waals surface area contributed by atoms with Crippen LogP contribution in [-0.4, -0.2) is 18.0 Å². The first-order valence-corrected chi connectivity index (χ1v) is 5.85. The molecule has 1 saturated heterocycles. The van der Waals surface area contributed by atoms with E-state index >= 15 is 0 Å². The van der Waals surface area contributed by atoms with Gasteiger partial charge in [0.05, 0.1) is 0 Å². The van der Waals surface area contributed by atoms with Crippen molar-refractivity contribution in [1.82, 2.24) is 4.90 Å². The zero-order valence-electron chi connectivity index (χ0n) is 7.83. The van der Waals surface area contributed by atoms with Gasteiger partial charge in [0.2, 0.25) is 0 Å². The molecule has 0 amide bonds. The Morgan fingerprint density at radius 3 is 2.54 bits per heavy atom. The van der Waals surface area contributed by atoms with Crippen molar-refractivity contribution in [2.24, 2.45) is 0 Å². The van der Waals surface area contributed by atoms with Gasteiger partial charge < -0.3 is 0 Å². The molecule has 1 aliphatic rings. The van der Waals surface area contributed by atoms with Gasteiger partial charge in [0.25, 0.3) is 0 Å². The van der Waals surface area contributed by atoms with Crippen LogP contribution in [0.5, 0.6) is 0 Å². The molecule has 0 saturated carbocycles. The maximum atomic E-state index is 2.53.